The molecule has 1 aromatic carbocycles. The Labute approximate surface area is 193 Å². The molecule has 7 heteroatoms. The number of hydrogen-bond donors (Lipinski definition) is 1. The van der Waals surface area contributed by atoms with Gasteiger partial charge in [0.1, 0.15) is 0 Å². The summed E-state index contributed by atoms with van der Waals surface area (Å²) in [6, 6.07) is 10.8. The van der Waals surface area contributed by atoms with Gasteiger partial charge in [-0.2, -0.15) is 5.10 Å². The van der Waals surface area contributed by atoms with Gasteiger partial charge in [-0.05, 0) is 32.5 Å². The summed E-state index contributed by atoms with van der Waals surface area (Å²) in [5.74, 6) is 1.32. The number of nitrogens with zero attached hydrogens (tertiary/aromatic N) is 5. The van der Waals surface area contributed by atoms with Crippen molar-refractivity contribution in [3.05, 3.63) is 53.3 Å². The predicted molar refractivity (Wildman–Crippen MR) is 133 cm³/mol. The van der Waals surface area contributed by atoms with Gasteiger partial charge < -0.3 is 15.1 Å². The summed E-state index contributed by atoms with van der Waals surface area (Å²) in [5, 5.41) is 8.06. The number of hydrogen-bond acceptors (Lipinski definition) is 3. The van der Waals surface area contributed by atoms with E-state index >= 15 is 0 Å². The lowest BCUT2D eigenvalue weighted by Crippen LogP contribution is -2.39. The molecular weight excluding hydrogens is 475 g/mol. The molecule has 29 heavy (non-hydrogen) atoms. The van der Waals surface area contributed by atoms with E-state index in [9.17, 15) is 0 Å². The van der Waals surface area contributed by atoms with E-state index in [0.29, 0.717) is 12.5 Å². The van der Waals surface area contributed by atoms with Crippen molar-refractivity contribution < 1.29 is 0 Å². The summed E-state index contributed by atoms with van der Waals surface area (Å²) in [6.45, 7) is 8.80. The first kappa shape index (κ1) is 25.4. The second-order valence-electron chi connectivity index (χ2n) is 7.81. The van der Waals surface area contributed by atoms with Gasteiger partial charge >= 0.3 is 0 Å². The van der Waals surface area contributed by atoms with Crippen LogP contribution in [0, 0.1) is 0 Å². The van der Waals surface area contributed by atoms with Crippen LogP contribution in [0.3, 0.4) is 0 Å². The number of rotatable bonds is 8. The Balaban J connectivity index is 0.00000420. The SMILES string of the molecule is CCNC(=NCC(c1ccccc1)N(C)C)N(C)Cc1cn(C)nc1C(C)C.I. The number of aliphatic imine (C=N–C) groups is 1. The molecule has 0 spiro atoms. The summed E-state index contributed by atoms with van der Waals surface area (Å²) in [4.78, 5) is 9.36. The van der Waals surface area contributed by atoms with Crippen LogP contribution in [0.1, 0.15) is 49.6 Å². The van der Waals surface area contributed by atoms with Gasteiger partial charge in [0.2, 0.25) is 0 Å². The third-order valence-corrected chi connectivity index (χ3v) is 4.81. The molecule has 1 heterocycles. The largest absolute Gasteiger partial charge is 0.357 e. The first-order chi connectivity index (χ1) is 13.3. The average Bonchev–Trinajstić information content (AvgIpc) is 3.02. The third-order valence-electron chi connectivity index (χ3n) is 4.81. The Hall–Kier alpha value is -1.61. The minimum absolute atomic E-state index is 0. The molecule has 0 aliphatic heterocycles. The first-order valence-electron chi connectivity index (χ1n) is 10.1. The maximum absolute atomic E-state index is 4.95. The molecule has 2 aromatic rings. The molecule has 0 aliphatic rings. The minimum Gasteiger partial charge on any atom is -0.357 e. The lowest BCUT2D eigenvalue weighted by molar-refractivity contribution is 0.305. The van der Waals surface area contributed by atoms with Crippen molar-refractivity contribution in [2.75, 3.05) is 34.2 Å². The number of aromatic nitrogens is 2. The van der Waals surface area contributed by atoms with Gasteiger partial charge in [-0.3, -0.25) is 9.67 Å². The number of likely N-dealkylation sites (N-methyl/N-ethyl adjacent to an activating group) is 1. The third kappa shape index (κ3) is 7.29. The molecule has 1 aromatic heterocycles. The molecule has 162 valence electrons. The predicted octanol–water partition coefficient (Wildman–Crippen LogP) is 3.86. The van der Waals surface area contributed by atoms with Gasteiger partial charge in [-0.1, -0.05) is 44.2 Å². The summed E-state index contributed by atoms with van der Waals surface area (Å²) in [5.41, 5.74) is 3.68. The second kappa shape index (κ2) is 12.2. The fourth-order valence-electron chi connectivity index (χ4n) is 3.38. The zero-order valence-electron chi connectivity index (χ0n) is 18.9. The zero-order valence-corrected chi connectivity index (χ0v) is 21.2. The molecule has 1 N–H and O–H groups in total. The second-order valence-corrected chi connectivity index (χ2v) is 7.81. The normalized spacial score (nSPS) is 12.8. The van der Waals surface area contributed by atoms with Gasteiger partial charge in [0, 0.05) is 38.9 Å². The summed E-state index contributed by atoms with van der Waals surface area (Å²) < 4.78 is 1.90. The Morgan fingerprint density at radius 1 is 1.17 bits per heavy atom. The highest BCUT2D eigenvalue weighted by molar-refractivity contribution is 14.0. The van der Waals surface area contributed by atoms with Crippen molar-refractivity contribution in [3.8, 4) is 0 Å². The van der Waals surface area contributed by atoms with Crippen molar-refractivity contribution in [1.82, 2.24) is 24.9 Å². The lowest BCUT2D eigenvalue weighted by Gasteiger charge is -2.26. The van der Waals surface area contributed by atoms with Crippen LogP contribution < -0.4 is 5.32 Å². The summed E-state index contributed by atoms with van der Waals surface area (Å²) in [7, 11) is 8.28. The van der Waals surface area contributed by atoms with E-state index in [2.05, 4.69) is 98.7 Å². The zero-order chi connectivity index (χ0) is 20.7. The Morgan fingerprint density at radius 2 is 1.83 bits per heavy atom. The highest BCUT2D eigenvalue weighted by Crippen LogP contribution is 2.20. The monoisotopic (exact) mass is 512 g/mol. The molecule has 0 amide bonds. The van der Waals surface area contributed by atoms with Crippen molar-refractivity contribution in [3.63, 3.8) is 0 Å². The highest BCUT2D eigenvalue weighted by atomic mass is 127. The van der Waals surface area contributed by atoms with Crippen LogP contribution in [0.4, 0.5) is 0 Å². The number of nitrogens with one attached hydrogen (secondary N) is 1. The molecule has 0 aliphatic carbocycles. The van der Waals surface area contributed by atoms with Crippen molar-refractivity contribution in [2.45, 2.75) is 39.3 Å². The van der Waals surface area contributed by atoms with E-state index in [0.717, 1.165) is 24.7 Å². The molecule has 0 radical (unpaired) electrons. The smallest absolute Gasteiger partial charge is 0.194 e. The molecular formula is C22H37IN6. The molecule has 1 unspecified atom stereocenters. The first-order valence-corrected chi connectivity index (χ1v) is 10.1. The topological polar surface area (TPSA) is 48.7 Å². The molecule has 0 fully saturated rings. The van der Waals surface area contributed by atoms with Crippen molar-refractivity contribution in [1.29, 1.82) is 0 Å². The van der Waals surface area contributed by atoms with Crippen molar-refractivity contribution in [2.24, 2.45) is 12.0 Å². The Bertz CT molecular complexity index is 754. The fourth-order valence-corrected chi connectivity index (χ4v) is 3.38. The molecule has 0 saturated carbocycles. The van der Waals surface area contributed by atoms with E-state index < -0.39 is 0 Å². The van der Waals surface area contributed by atoms with Gasteiger partial charge in [-0.15, -0.1) is 24.0 Å². The van der Waals surface area contributed by atoms with Gasteiger partial charge in [0.25, 0.3) is 0 Å². The van der Waals surface area contributed by atoms with E-state index in [1.54, 1.807) is 0 Å². The van der Waals surface area contributed by atoms with Crippen LogP contribution in [0.2, 0.25) is 0 Å². The van der Waals surface area contributed by atoms with E-state index in [-0.39, 0.29) is 30.0 Å². The quantitative estimate of drug-likeness (QED) is 0.332. The number of guanidine groups is 1. The average molecular weight is 512 g/mol. The Kier molecular flexibility index (Phi) is 10.7. The number of benzene rings is 1. The van der Waals surface area contributed by atoms with Gasteiger partial charge in [0.05, 0.1) is 18.3 Å². The molecule has 2 rings (SSSR count). The maximum Gasteiger partial charge on any atom is 0.194 e. The fraction of sp³-hybridized carbons (Fsp3) is 0.545. The highest BCUT2D eigenvalue weighted by Gasteiger charge is 2.17. The van der Waals surface area contributed by atoms with Gasteiger partial charge in [0.15, 0.2) is 5.96 Å². The molecule has 6 nitrogen and oxygen atoms in total. The van der Waals surface area contributed by atoms with Crippen LogP contribution in [-0.4, -0.2) is 59.8 Å². The standard InChI is InChI=1S/C22H36N6.HI/c1-8-23-22(24-14-20(26(4)5)18-12-10-9-11-13-18)27(6)15-19-16-28(7)25-21(19)17(2)3;/h9-13,16-17,20H,8,14-15H2,1-7H3,(H,23,24);1H. The molecule has 0 bridgehead atoms. The molecule has 0 saturated heterocycles. The molecule has 1 atom stereocenters. The number of aryl methyl sites for hydroxylation is 1. The van der Waals surface area contributed by atoms with E-state index in [4.69, 9.17) is 4.99 Å². The maximum atomic E-state index is 4.95. The Morgan fingerprint density at radius 3 is 2.38 bits per heavy atom. The minimum atomic E-state index is 0. The lowest BCUT2D eigenvalue weighted by atomic mass is 10.1. The van der Waals surface area contributed by atoms with Crippen LogP contribution in [0.5, 0.6) is 0 Å². The van der Waals surface area contributed by atoms with Crippen LogP contribution in [-0.2, 0) is 13.6 Å². The number of halogens is 1. The summed E-state index contributed by atoms with van der Waals surface area (Å²) >= 11 is 0. The summed E-state index contributed by atoms with van der Waals surface area (Å²) in [6.07, 6.45) is 2.11. The van der Waals surface area contributed by atoms with Crippen LogP contribution >= 0.6 is 24.0 Å². The van der Waals surface area contributed by atoms with E-state index in [1.807, 2.05) is 11.7 Å². The van der Waals surface area contributed by atoms with Crippen molar-refractivity contribution >= 4 is 29.9 Å². The van der Waals surface area contributed by atoms with Crippen LogP contribution in [0.25, 0.3) is 0 Å². The van der Waals surface area contributed by atoms with E-state index in [1.165, 1.54) is 11.1 Å². The van der Waals surface area contributed by atoms with Gasteiger partial charge in [-0.25, -0.2) is 0 Å². The van der Waals surface area contributed by atoms with Crippen LogP contribution in [0.15, 0.2) is 41.5 Å².